The van der Waals surface area contributed by atoms with Gasteiger partial charge in [-0.3, -0.25) is 0 Å². The van der Waals surface area contributed by atoms with E-state index in [-0.39, 0.29) is 11.6 Å². The van der Waals surface area contributed by atoms with Gasteiger partial charge in [-0.2, -0.15) is 15.5 Å². The first-order valence-electron chi connectivity index (χ1n) is 8.49. The monoisotopic (exact) mass is 358 g/mol. The normalized spacial score (nSPS) is 10.1. The largest absolute Gasteiger partial charge is 0.436 e. The number of anilines is 2. The summed E-state index contributed by atoms with van der Waals surface area (Å²) in [5.41, 5.74) is 6.54. The van der Waals surface area contributed by atoms with Gasteiger partial charge in [-0.05, 0) is 11.5 Å². The maximum Gasteiger partial charge on any atom is 0.248 e. The Kier molecular flexibility index (Phi) is 5.66. The molecule has 134 valence electrons. The van der Waals surface area contributed by atoms with E-state index in [1.54, 1.807) is 4.90 Å². The van der Waals surface area contributed by atoms with E-state index in [1.807, 2.05) is 42.5 Å². The van der Waals surface area contributed by atoms with Crippen molar-refractivity contribution in [1.29, 1.82) is 10.5 Å². The Morgan fingerprint density at radius 3 is 2.41 bits per heavy atom. The van der Waals surface area contributed by atoms with E-state index in [9.17, 15) is 0 Å². The molecule has 0 fully saturated rings. The van der Waals surface area contributed by atoms with Crippen molar-refractivity contribution in [3.05, 3.63) is 48.8 Å². The van der Waals surface area contributed by atoms with Crippen molar-refractivity contribution in [1.82, 2.24) is 9.97 Å². The molecule has 0 saturated carbocycles. The van der Waals surface area contributed by atoms with Gasteiger partial charge in [0.15, 0.2) is 5.82 Å². The minimum atomic E-state index is 0.246. The van der Waals surface area contributed by atoms with Crippen LogP contribution in [-0.4, -0.2) is 23.1 Å². The highest BCUT2D eigenvalue weighted by molar-refractivity contribution is 5.88. The maximum absolute atomic E-state index is 8.88. The Morgan fingerprint density at radius 2 is 1.67 bits per heavy atom. The van der Waals surface area contributed by atoms with Gasteiger partial charge in [-0.1, -0.05) is 36.4 Å². The lowest BCUT2D eigenvalue weighted by Crippen LogP contribution is -2.27. The fraction of sp³-hybridized carbons (Fsp3) is 0.200. The molecule has 0 saturated heterocycles. The third kappa shape index (κ3) is 4.05. The standard InChI is InChI=1S/C20H18N6O/c21-10-4-12-26(13-5-11-22)19-18(23)20(25-14-24-19)27-17-9-3-7-15-6-1-2-8-16(15)17/h1-3,6-9,14H,4-5,12-13,23H2. The molecule has 1 heterocycles. The van der Waals surface area contributed by atoms with Gasteiger partial charge in [0.1, 0.15) is 17.8 Å². The van der Waals surface area contributed by atoms with Crippen LogP contribution in [0.1, 0.15) is 12.8 Å². The summed E-state index contributed by atoms with van der Waals surface area (Å²) >= 11 is 0. The summed E-state index contributed by atoms with van der Waals surface area (Å²) in [6.07, 6.45) is 1.97. The smallest absolute Gasteiger partial charge is 0.248 e. The number of hydrogen-bond acceptors (Lipinski definition) is 7. The first-order valence-corrected chi connectivity index (χ1v) is 8.49. The number of hydrogen-bond donors (Lipinski definition) is 1. The molecule has 3 aromatic rings. The lowest BCUT2D eigenvalue weighted by atomic mass is 10.1. The van der Waals surface area contributed by atoms with Crippen LogP contribution in [0.4, 0.5) is 11.5 Å². The van der Waals surface area contributed by atoms with Crippen molar-refractivity contribution in [2.24, 2.45) is 0 Å². The zero-order valence-electron chi connectivity index (χ0n) is 14.7. The molecule has 0 aliphatic rings. The maximum atomic E-state index is 8.88. The highest BCUT2D eigenvalue weighted by Gasteiger charge is 2.17. The molecule has 0 spiro atoms. The van der Waals surface area contributed by atoms with Crippen LogP contribution >= 0.6 is 0 Å². The van der Waals surface area contributed by atoms with E-state index < -0.39 is 0 Å². The van der Waals surface area contributed by atoms with Gasteiger partial charge in [-0.25, -0.2) is 4.98 Å². The molecule has 1 aromatic heterocycles. The zero-order valence-corrected chi connectivity index (χ0v) is 14.7. The van der Waals surface area contributed by atoms with E-state index in [2.05, 4.69) is 22.1 Å². The summed E-state index contributed by atoms with van der Waals surface area (Å²) < 4.78 is 5.99. The molecule has 0 aliphatic carbocycles. The quantitative estimate of drug-likeness (QED) is 0.686. The van der Waals surface area contributed by atoms with Gasteiger partial charge in [0.2, 0.25) is 5.88 Å². The summed E-state index contributed by atoms with van der Waals surface area (Å²) in [6.45, 7) is 0.847. The van der Waals surface area contributed by atoms with Crippen molar-refractivity contribution < 1.29 is 4.74 Å². The van der Waals surface area contributed by atoms with Crippen LogP contribution in [0, 0.1) is 22.7 Å². The van der Waals surface area contributed by atoms with E-state index in [0.29, 0.717) is 37.5 Å². The molecule has 0 atom stereocenters. The van der Waals surface area contributed by atoms with Gasteiger partial charge < -0.3 is 15.4 Å². The predicted molar refractivity (Wildman–Crippen MR) is 103 cm³/mol. The summed E-state index contributed by atoms with van der Waals surface area (Å²) in [5, 5.41) is 19.8. The van der Waals surface area contributed by atoms with Crippen LogP contribution in [-0.2, 0) is 0 Å². The number of nitrogens with two attached hydrogens (primary N) is 1. The summed E-state index contributed by atoms with van der Waals surface area (Å²) in [4.78, 5) is 10.2. The fourth-order valence-corrected chi connectivity index (χ4v) is 2.79. The van der Waals surface area contributed by atoms with Gasteiger partial charge in [0.05, 0.1) is 25.0 Å². The number of benzene rings is 2. The summed E-state index contributed by atoms with van der Waals surface area (Å²) in [6, 6.07) is 17.8. The molecular formula is C20H18N6O. The Balaban J connectivity index is 1.94. The number of aromatic nitrogens is 2. The van der Waals surface area contributed by atoms with Gasteiger partial charge in [0.25, 0.3) is 0 Å². The van der Waals surface area contributed by atoms with Crippen LogP contribution < -0.4 is 15.4 Å². The van der Waals surface area contributed by atoms with Crippen molar-refractivity contribution in [3.63, 3.8) is 0 Å². The topological polar surface area (TPSA) is 112 Å². The number of ether oxygens (including phenoxy) is 1. The lowest BCUT2D eigenvalue weighted by Gasteiger charge is -2.23. The SMILES string of the molecule is N#CCCN(CCC#N)c1ncnc(Oc2cccc3ccccc23)c1N. The second-order valence-electron chi connectivity index (χ2n) is 5.80. The average Bonchev–Trinajstić information content (AvgIpc) is 2.70. The van der Waals surface area contributed by atoms with Gasteiger partial charge in [0, 0.05) is 18.5 Å². The molecule has 0 unspecified atom stereocenters. The molecule has 0 aliphatic heterocycles. The first kappa shape index (κ1) is 18.0. The first-order chi connectivity index (χ1) is 13.2. The minimum Gasteiger partial charge on any atom is -0.436 e. The third-order valence-corrected chi connectivity index (χ3v) is 4.07. The number of nitrogen functional groups attached to an aromatic ring is 1. The van der Waals surface area contributed by atoms with Crippen molar-refractivity contribution in [3.8, 4) is 23.8 Å². The molecule has 7 nitrogen and oxygen atoms in total. The Labute approximate surface area is 157 Å². The summed E-state index contributed by atoms with van der Waals surface area (Å²) in [7, 11) is 0. The fourth-order valence-electron chi connectivity index (χ4n) is 2.79. The zero-order chi connectivity index (χ0) is 19.1. The summed E-state index contributed by atoms with van der Waals surface area (Å²) in [5.74, 6) is 1.35. The van der Waals surface area contributed by atoms with Crippen molar-refractivity contribution >= 4 is 22.3 Å². The third-order valence-electron chi connectivity index (χ3n) is 4.07. The van der Waals surface area contributed by atoms with E-state index in [4.69, 9.17) is 21.0 Å². The molecule has 27 heavy (non-hydrogen) atoms. The van der Waals surface area contributed by atoms with Crippen LogP contribution in [0.3, 0.4) is 0 Å². The molecule has 2 N–H and O–H groups in total. The van der Waals surface area contributed by atoms with E-state index in [0.717, 1.165) is 10.8 Å². The molecule has 0 amide bonds. The van der Waals surface area contributed by atoms with Crippen molar-refractivity contribution in [2.45, 2.75) is 12.8 Å². The average molecular weight is 358 g/mol. The molecule has 7 heteroatoms. The number of rotatable bonds is 7. The Hall–Kier alpha value is -3.84. The van der Waals surface area contributed by atoms with Crippen LogP contribution in [0.25, 0.3) is 10.8 Å². The number of fused-ring (bicyclic) bond motifs is 1. The van der Waals surface area contributed by atoms with E-state index >= 15 is 0 Å². The second kappa shape index (κ2) is 8.50. The van der Waals surface area contributed by atoms with Crippen LogP contribution in [0.5, 0.6) is 11.6 Å². The van der Waals surface area contributed by atoms with E-state index in [1.165, 1.54) is 6.33 Å². The minimum absolute atomic E-state index is 0.246. The predicted octanol–water partition coefficient (Wildman–Crippen LogP) is 3.64. The Morgan fingerprint density at radius 1 is 0.963 bits per heavy atom. The second-order valence-corrected chi connectivity index (χ2v) is 5.80. The Bertz CT molecular complexity index is 998. The van der Waals surface area contributed by atoms with Gasteiger partial charge >= 0.3 is 0 Å². The molecular weight excluding hydrogens is 340 g/mol. The number of nitriles is 2. The molecule has 3 rings (SSSR count). The lowest BCUT2D eigenvalue weighted by molar-refractivity contribution is 0.469. The molecule has 0 radical (unpaired) electrons. The number of nitrogens with zero attached hydrogens (tertiary/aromatic N) is 5. The molecule has 0 bridgehead atoms. The highest BCUT2D eigenvalue weighted by atomic mass is 16.5. The van der Waals surface area contributed by atoms with Crippen LogP contribution in [0.2, 0.25) is 0 Å². The molecule has 2 aromatic carbocycles. The highest BCUT2D eigenvalue weighted by Crippen LogP contribution is 2.34. The van der Waals surface area contributed by atoms with Crippen molar-refractivity contribution in [2.75, 3.05) is 23.7 Å². The van der Waals surface area contributed by atoms with Crippen LogP contribution in [0.15, 0.2) is 48.8 Å². The van der Waals surface area contributed by atoms with Gasteiger partial charge in [-0.15, -0.1) is 0 Å².